The smallest absolute Gasteiger partial charge is 0.408 e. The third kappa shape index (κ3) is 4.69. The van der Waals surface area contributed by atoms with Crippen LogP contribution in [0.1, 0.15) is 51.2 Å². The molecule has 1 aliphatic rings. The molecule has 1 saturated carbocycles. The average Bonchev–Trinajstić information content (AvgIpc) is 3.54. The molecule has 0 unspecified atom stereocenters. The Morgan fingerprint density at radius 3 is 2.38 bits per heavy atom. The maximum absolute atomic E-state index is 12.6. The molecule has 5 aromatic rings. The molecule has 7 heteroatoms. The highest BCUT2D eigenvalue weighted by atomic mass is 16.6. The fourth-order valence-electron chi connectivity index (χ4n) is 5.43. The lowest BCUT2D eigenvalue weighted by atomic mass is 9.71. The van der Waals surface area contributed by atoms with E-state index < -0.39 is 11.1 Å². The Hall–Kier alpha value is -4.39. The molecule has 7 nitrogen and oxygen atoms in total. The maximum atomic E-state index is 12.6. The Morgan fingerprint density at radius 2 is 1.77 bits per heavy atom. The number of benzene rings is 2. The molecule has 0 saturated heterocycles. The lowest BCUT2D eigenvalue weighted by Gasteiger charge is -2.43. The van der Waals surface area contributed by atoms with Crippen LogP contribution in [0.2, 0.25) is 0 Å². The third-order valence-electron chi connectivity index (χ3n) is 7.37. The number of aryl methyl sites for hydroxylation is 1. The molecule has 2 N–H and O–H groups in total. The summed E-state index contributed by atoms with van der Waals surface area (Å²) in [6.07, 6.45) is 8.34. The quantitative estimate of drug-likeness (QED) is 0.256. The number of hydrogen-bond donors (Lipinski definition) is 2. The van der Waals surface area contributed by atoms with Crippen LogP contribution in [0.15, 0.2) is 79.3 Å². The highest BCUT2D eigenvalue weighted by Crippen LogP contribution is 2.43. The van der Waals surface area contributed by atoms with Crippen molar-refractivity contribution < 1.29 is 9.53 Å². The summed E-state index contributed by atoms with van der Waals surface area (Å²) in [5.41, 5.74) is 8.24. The van der Waals surface area contributed by atoms with Gasteiger partial charge in [0, 0.05) is 34.6 Å². The highest BCUT2D eigenvalue weighted by molar-refractivity contribution is 5.87. The second-order valence-corrected chi connectivity index (χ2v) is 11.4. The predicted molar refractivity (Wildman–Crippen MR) is 153 cm³/mol. The summed E-state index contributed by atoms with van der Waals surface area (Å²) in [7, 11) is 0. The number of ether oxygens (including phenoxy) is 1. The summed E-state index contributed by atoms with van der Waals surface area (Å²) in [4.78, 5) is 17.8. The van der Waals surface area contributed by atoms with Gasteiger partial charge in [-0.15, -0.1) is 0 Å². The SMILES string of the molecule is Cc1cc(-c2cn[nH]c2)c2nc(-c3ccc(C4(NC(=O)OC(C)(C)C)CCC4)cc3)c(-c3ccccc3)n2c1. The first kappa shape index (κ1) is 24.9. The van der Waals surface area contributed by atoms with Crippen LogP contribution in [-0.2, 0) is 10.3 Å². The predicted octanol–water partition coefficient (Wildman–Crippen LogP) is 7.27. The summed E-state index contributed by atoms with van der Waals surface area (Å²) in [6.45, 7) is 7.75. The number of H-pyrrole nitrogens is 1. The van der Waals surface area contributed by atoms with Crippen LogP contribution in [0.25, 0.3) is 39.3 Å². The van der Waals surface area contributed by atoms with E-state index in [0.29, 0.717) is 0 Å². The second kappa shape index (κ2) is 9.42. The van der Waals surface area contributed by atoms with Crippen molar-refractivity contribution >= 4 is 11.7 Å². The molecule has 6 rings (SSSR count). The van der Waals surface area contributed by atoms with Gasteiger partial charge in [0.15, 0.2) is 0 Å². The van der Waals surface area contributed by atoms with Crippen LogP contribution < -0.4 is 5.32 Å². The fourth-order valence-corrected chi connectivity index (χ4v) is 5.43. The number of alkyl carbamates (subject to hydrolysis) is 1. The Labute approximate surface area is 228 Å². The van der Waals surface area contributed by atoms with E-state index in [-0.39, 0.29) is 6.09 Å². The number of rotatable bonds is 5. The van der Waals surface area contributed by atoms with Gasteiger partial charge in [-0.3, -0.25) is 9.50 Å². The zero-order valence-corrected chi connectivity index (χ0v) is 22.8. The number of hydrogen-bond acceptors (Lipinski definition) is 4. The van der Waals surface area contributed by atoms with Crippen molar-refractivity contribution in [2.45, 2.75) is 58.1 Å². The number of fused-ring (bicyclic) bond motifs is 1. The number of amides is 1. The molecule has 3 heterocycles. The first-order chi connectivity index (χ1) is 18.7. The van der Waals surface area contributed by atoms with Crippen LogP contribution in [0, 0.1) is 6.92 Å². The first-order valence-electron chi connectivity index (χ1n) is 13.4. The zero-order chi connectivity index (χ0) is 27.2. The molecule has 3 aromatic heterocycles. The zero-order valence-electron chi connectivity index (χ0n) is 22.8. The van der Waals surface area contributed by atoms with Gasteiger partial charge in [0.25, 0.3) is 0 Å². The Balaban J connectivity index is 1.44. The van der Waals surface area contributed by atoms with E-state index in [2.05, 4.69) is 87.6 Å². The molecule has 1 fully saturated rings. The van der Waals surface area contributed by atoms with Crippen LogP contribution >= 0.6 is 0 Å². The van der Waals surface area contributed by atoms with Crippen molar-refractivity contribution in [3.63, 3.8) is 0 Å². The molecule has 39 heavy (non-hydrogen) atoms. The number of nitrogens with one attached hydrogen (secondary N) is 2. The van der Waals surface area contributed by atoms with Gasteiger partial charge >= 0.3 is 6.09 Å². The maximum Gasteiger partial charge on any atom is 0.408 e. The largest absolute Gasteiger partial charge is 0.444 e. The van der Waals surface area contributed by atoms with Crippen LogP contribution in [-0.4, -0.2) is 31.3 Å². The van der Waals surface area contributed by atoms with Gasteiger partial charge in [0.2, 0.25) is 0 Å². The Morgan fingerprint density at radius 1 is 1.03 bits per heavy atom. The lowest BCUT2D eigenvalue weighted by Crippen LogP contribution is -2.52. The number of aromatic amines is 1. The first-order valence-corrected chi connectivity index (χ1v) is 13.4. The molecular formula is C32H33N5O2. The van der Waals surface area contributed by atoms with Crippen molar-refractivity contribution in [3.8, 4) is 33.6 Å². The van der Waals surface area contributed by atoms with E-state index in [1.165, 1.54) is 0 Å². The number of aromatic nitrogens is 4. The molecule has 198 valence electrons. The monoisotopic (exact) mass is 519 g/mol. The van der Waals surface area contributed by atoms with E-state index >= 15 is 0 Å². The summed E-state index contributed by atoms with van der Waals surface area (Å²) in [5, 5.41) is 10.3. The van der Waals surface area contributed by atoms with Gasteiger partial charge in [-0.05, 0) is 64.2 Å². The van der Waals surface area contributed by atoms with Gasteiger partial charge < -0.3 is 10.1 Å². The number of pyridine rings is 1. The van der Waals surface area contributed by atoms with Crippen LogP contribution in [0.5, 0.6) is 0 Å². The van der Waals surface area contributed by atoms with E-state index in [1.54, 1.807) is 0 Å². The molecule has 0 aliphatic heterocycles. The number of nitrogens with zero attached hydrogens (tertiary/aromatic N) is 3. The topological polar surface area (TPSA) is 84.3 Å². The molecule has 0 bridgehead atoms. The van der Waals surface area contributed by atoms with Gasteiger partial charge in [-0.1, -0.05) is 54.6 Å². The van der Waals surface area contributed by atoms with Gasteiger partial charge in [0.05, 0.1) is 23.1 Å². The lowest BCUT2D eigenvalue weighted by molar-refractivity contribution is 0.0377. The third-order valence-corrected chi connectivity index (χ3v) is 7.37. The Bertz CT molecular complexity index is 1620. The molecule has 0 radical (unpaired) electrons. The number of carbonyl (C=O) groups excluding carboxylic acids is 1. The van der Waals surface area contributed by atoms with Gasteiger partial charge in [-0.2, -0.15) is 5.10 Å². The molecular weight excluding hydrogens is 486 g/mol. The van der Waals surface area contributed by atoms with Crippen molar-refractivity contribution in [2.75, 3.05) is 0 Å². The van der Waals surface area contributed by atoms with Crippen LogP contribution in [0.4, 0.5) is 4.79 Å². The Kier molecular flexibility index (Phi) is 6.02. The number of carbonyl (C=O) groups is 1. The molecule has 2 aromatic carbocycles. The van der Waals surface area contributed by atoms with Crippen molar-refractivity contribution in [3.05, 3.63) is 90.4 Å². The van der Waals surface area contributed by atoms with Crippen LogP contribution in [0.3, 0.4) is 0 Å². The summed E-state index contributed by atoms with van der Waals surface area (Å²) < 4.78 is 7.75. The van der Waals surface area contributed by atoms with Crippen molar-refractivity contribution in [1.82, 2.24) is 24.9 Å². The number of imidazole rings is 1. The minimum atomic E-state index is -0.538. The fraction of sp³-hybridized carbons (Fsp3) is 0.281. The molecule has 0 atom stereocenters. The van der Waals surface area contributed by atoms with Gasteiger partial charge in [-0.25, -0.2) is 9.78 Å². The van der Waals surface area contributed by atoms with E-state index in [1.807, 2.05) is 39.2 Å². The van der Waals surface area contributed by atoms with Crippen molar-refractivity contribution in [1.29, 1.82) is 0 Å². The average molecular weight is 520 g/mol. The van der Waals surface area contributed by atoms with Crippen molar-refractivity contribution in [2.24, 2.45) is 0 Å². The minimum Gasteiger partial charge on any atom is -0.444 e. The van der Waals surface area contributed by atoms with E-state index in [4.69, 9.17) is 9.72 Å². The van der Waals surface area contributed by atoms with E-state index in [0.717, 1.165) is 69.7 Å². The molecule has 0 spiro atoms. The van der Waals surface area contributed by atoms with Gasteiger partial charge in [0.1, 0.15) is 11.2 Å². The normalized spacial score (nSPS) is 14.7. The summed E-state index contributed by atoms with van der Waals surface area (Å²) >= 11 is 0. The standard InChI is InChI=1S/C32H33N5O2/c1-21-17-26(24-18-33-34-19-24)29-35-27(28(37(29)20-21)23-9-6-5-7-10-23)22-11-13-25(14-12-22)32(15-8-16-32)36-30(38)39-31(2,3)4/h5-7,9-14,17-20H,8,15-16H2,1-4H3,(H,33,34)(H,36,38). The molecule has 1 amide bonds. The minimum absolute atomic E-state index is 0.375. The second-order valence-electron chi connectivity index (χ2n) is 11.4. The van der Waals surface area contributed by atoms with E-state index in [9.17, 15) is 4.79 Å². The summed E-state index contributed by atoms with van der Waals surface area (Å²) in [5.74, 6) is 0. The molecule has 1 aliphatic carbocycles. The summed E-state index contributed by atoms with van der Waals surface area (Å²) in [6, 6.07) is 21.0. The highest BCUT2D eigenvalue weighted by Gasteiger charge is 2.41.